The predicted molar refractivity (Wildman–Crippen MR) is 78.7 cm³/mol. The number of nitrogen functional groups attached to an aromatic ring is 1. The molecule has 1 aromatic carbocycles. The third-order valence-corrected chi connectivity index (χ3v) is 4.05. The van der Waals surface area contributed by atoms with Gasteiger partial charge in [-0.2, -0.15) is 0 Å². The van der Waals surface area contributed by atoms with E-state index in [1.165, 1.54) is 32.1 Å². The SMILES string of the molecule is N=C(N)c1ccc(COCC2CCCCC2)c(Cl)c1. The number of nitrogens with one attached hydrogen (secondary N) is 1. The van der Waals surface area contributed by atoms with Crippen molar-refractivity contribution in [3.05, 3.63) is 34.3 Å². The van der Waals surface area contributed by atoms with Crippen molar-refractivity contribution in [3.8, 4) is 0 Å². The summed E-state index contributed by atoms with van der Waals surface area (Å²) in [7, 11) is 0. The Morgan fingerprint density at radius 3 is 2.68 bits per heavy atom. The van der Waals surface area contributed by atoms with Gasteiger partial charge in [-0.25, -0.2) is 0 Å². The summed E-state index contributed by atoms with van der Waals surface area (Å²) in [5, 5.41) is 7.98. The average molecular weight is 281 g/mol. The zero-order valence-electron chi connectivity index (χ0n) is 11.1. The second-order valence-electron chi connectivity index (χ2n) is 5.24. The Labute approximate surface area is 119 Å². The summed E-state index contributed by atoms with van der Waals surface area (Å²) in [6.45, 7) is 1.36. The molecule has 0 spiro atoms. The lowest BCUT2D eigenvalue weighted by Crippen LogP contribution is -2.13. The van der Waals surface area contributed by atoms with Crippen LogP contribution in [-0.4, -0.2) is 12.4 Å². The molecule has 0 unspecified atom stereocenters. The molecular weight excluding hydrogens is 260 g/mol. The number of halogens is 1. The number of hydrogen-bond acceptors (Lipinski definition) is 2. The van der Waals surface area contributed by atoms with E-state index in [0.717, 1.165) is 12.2 Å². The van der Waals surface area contributed by atoms with E-state index in [1.54, 1.807) is 6.07 Å². The molecule has 104 valence electrons. The molecule has 0 saturated heterocycles. The molecule has 1 aliphatic rings. The van der Waals surface area contributed by atoms with Crippen molar-refractivity contribution in [2.75, 3.05) is 6.61 Å². The van der Waals surface area contributed by atoms with Crippen molar-refractivity contribution in [1.29, 1.82) is 5.41 Å². The van der Waals surface area contributed by atoms with Crippen LogP contribution >= 0.6 is 11.6 Å². The molecule has 0 bridgehead atoms. The summed E-state index contributed by atoms with van der Waals surface area (Å²) in [5.41, 5.74) is 7.04. The van der Waals surface area contributed by atoms with E-state index in [4.69, 9.17) is 27.5 Å². The predicted octanol–water partition coefficient (Wildman–Crippen LogP) is 3.72. The molecule has 1 aliphatic carbocycles. The molecule has 2 rings (SSSR count). The highest BCUT2D eigenvalue weighted by Crippen LogP contribution is 2.25. The van der Waals surface area contributed by atoms with Crippen LogP contribution in [0.2, 0.25) is 5.02 Å². The number of hydrogen-bond donors (Lipinski definition) is 2. The van der Waals surface area contributed by atoms with Crippen molar-refractivity contribution in [2.24, 2.45) is 11.7 Å². The molecule has 0 aromatic heterocycles. The first-order valence-electron chi connectivity index (χ1n) is 6.87. The number of amidine groups is 1. The average Bonchev–Trinajstić information content (AvgIpc) is 2.41. The molecule has 1 aromatic rings. The molecule has 0 aliphatic heterocycles. The lowest BCUT2D eigenvalue weighted by Gasteiger charge is -2.21. The van der Waals surface area contributed by atoms with Gasteiger partial charge in [-0.15, -0.1) is 0 Å². The molecule has 3 nitrogen and oxygen atoms in total. The zero-order valence-corrected chi connectivity index (χ0v) is 11.9. The second-order valence-corrected chi connectivity index (χ2v) is 5.65. The third kappa shape index (κ3) is 4.22. The normalized spacial score (nSPS) is 16.5. The van der Waals surface area contributed by atoms with Crippen molar-refractivity contribution in [3.63, 3.8) is 0 Å². The maximum absolute atomic E-state index is 7.36. The number of ether oxygens (including phenoxy) is 1. The maximum atomic E-state index is 7.36. The lowest BCUT2D eigenvalue weighted by molar-refractivity contribution is 0.0740. The minimum Gasteiger partial charge on any atom is -0.384 e. The Morgan fingerprint density at radius 2 is 2.05 bits per heavy atom. The van der Waals surface area contributed by atoms with Gasteiger partial charge in [-0.3, -0.25) is 5.41 Å². The van der Waals surface area contributed by atoms with E-state index >= 15 is 0 Å². The van der Waals surface area contributed by atoms with Gasteiger partial charge < -0.3 is 10.5 Å². The number of benzene rings is 1. The van der Waals surface area contributed by atoms with Crippen LogP contribution in [0.5, 0.6) is 0 Å². The summed E-state index contributed by atoms with van der Waals surface area (Å²) in [5.74, 6) is 0.751. The molecule has 19 heavy (non-hydrogen) atoms. The highest BCUT2D eigenvalue weighted by Gasteiger charge is 2.13. The van der Waals surface area contributed by atoms with E-state index in [1.807, 2.05) is 12.1 Å². The molecular formula is C15H21ClN2O. The Morgan fingerprint density at radius 1 is 1.32 bits per heavy atom. The van der Waals surface area contributed by atoms with Crippen molar-refractivity contribution in [2.45, 2.75) is 38.7 Å². The first-order chi connectivity index (χ1) is 9.16. The van der Waals surface area contributed by atoms with E-state index in [0.29, 0.717) is 23.1 Å². The van der Waals surface area contributed by atoms with Gasteiger partial charge in [-0.1, -0.05) is 43.0 Å². The number of rotatable bonds is 5. The first-order valence-corrected chi connectivity index (χ1v) is 7.25. The molecule has 0 radical (unpaired) electrons. The fourth-order valence-electron chi connectivity index (χ4n) is 2.52. The van der Waals surface area contributed by atoms with Gasteiger partial charge in [0.2, 0.25) is 0 Å². The Hall–Kier alpha value is -1.06. The lowest BCUT2D eigenvalue weighted by atomic mass is 9.90. The summed E-state index contributed by atoms with van der Waals surface area (Å²) in [6, 6.07) is 5.43. The van der Waals surface area contributed by atoms with Crippen LogP contribution in [0.1, 0.15) is 43.2 Å². The maximum Gasteiger partial charge on any atom is 0.122 e. The van der Waals surface area contributed by atoms with Crippen molar-refractivity contribution >= 4 is 17.4 Å². The topological polar surface area (TPSA) is 59.1 Å². The molecule has 4 heteroatoms. The standard InChI is InChI=1S/C15H21ClN2O/c16-14-8-12(15(17)18)6-7-13(14)10-19-9-11-4-2-1-3-5-11/h6-8,11H,1-5,9-10H2,(H3,17,18). The zero-order chi connectivity index (χ0) is 13.7. The summed E-state index contributed by atoms with van der Waals surface area (Å²) >= 11 is 6.16. The second kappa shape index (κ2) is 6.92. The molecule has 0 heterocycles. The third-order valence-electron chi connectivity index (χ3n) is 3.70. The molecule has 1 saturated carbocycles. The van der Waals surface area contributed by atoms with Gasteiger partial charge in [0.25, 0.3) is 0 Å². The molecule has 0 amide bonds. The van der Waals surface area contributed by atoms with Crippen molar-refractivity contribution in [1.82, 2.24) is 0 Å². The van der Waals surface area contributed by atoms with Crippen molar-refractivity contribution < 1.29 is 4.74 Å². The fraction of sp³-hybridized carbons (Fsp3) is 0.533. The molecule has 1 fully saturated rings. The minimum atomic E-state index is 0.0385. The van der Waals surface area contributed by atoms with Crippen LogP contribution in [0.15, 0.2) is 18.2 Å². The van der Waals surface area contributed by atoms with Crippen LogP contribution in [0.3, 0.4) is 0 Å². The Kier molecular flexibility index (Phi) is 5.23. The summed E-state index contributed by atoms with van der Waals surface area (Å²) in [4.78, 5) is 0. The van der Waals surface area contributed by atoms with Gasteiger partial charge in [0.05, 0.1) is 6.61 Å². The van der Waals surface area contributed by atoms with Crippen LogP contribution < -0.4 is 5.73 Å². The van der Waals surface area contributed by atoms with E-state index in [9.17, 15) is 0 Å². The number of nitrogens with two attached hydrogens (primary N) is 1. The van der Waals surface area contributed by atoms with Gasteiger partial charge >= 0.3 is 0 Å². The van der Waals surface area contributed by atoms with Crippen LogP contribution in [0, 0.1) is 11.3 Å². The highest BCUT2D eigenvalue weighted by molar-refractivity contribution is 6.31. The largest absolute Gasteiger partial charge is 0.384 e. The quantitative estimate of drug-likeness (QED) is 0.638. The van der Waals surface area contributed by atoms with E-state index in [2.05, 4.69) is 0 Å². The molecule has 0 atom stereocenters. The minimum absolute atomic E-state index is 0.0385. The fourth-order valence-corrected chi connectivity index (χ4v) is 2.76. The van der Waals surface area contributed by atoms with Gasteiger partial charge in [-0.05, 0) is 30.4 Å². The molecule has 3 N–H and O–H groups in total. The van der Waals surface area contributed by atoms with Crippen LogP contribution in [0.4, 0.5) is 0 Å². The monoisotopic (exact) mass is 280 g/mol. The highest BCUT2D eigenvalue weighted by atomic mass is 35.5. The Balaban J connectivity index is 1.83. The Bertz CT molecular complexity index is 442. The first kappa shape index (κ1) is 14.4. The van der Waals surface area contributed by atoms with E-state index in [-0.39, 0.29) is 5.84 Å². The summed E-state index contributed by atoms with van der Waals surface area (Å²) in [6.07, 6.45) is 6.62. The van der Waals surface area contributed by atoms with Crippen LogP contribution in [-0.2, 0) is 11.3 Å². The van der Waals surface area contributed by atoms with Gasteiger partial charge in [0, 0.05) is 17.2 Å². The van der Waals surface area contributed by atoms with Gasteiger partial charge in [0.15, 0.2) is 0 Å². The van der Waals surface area contributed by atoms with E-state index < -0.39 is 0 Å². The smallest absolute Gasteiger partial charge is 0.122 e. The summed E-state index contributed by atoms with van der Waals surface area (Å²) < 4.78 is 5.77. The van der Waals surface area contributed by atoms with Crippen LogP contribution in [0.25, 0.3) is 0 Å². The van der Waals surface area contributed by atoms with Gasteiger partial charge in [0.1, 0.15) is 5.84 Å².